The monoisotopic (exact) mass is 376 g/mol. The molecule has 0 aliphatic heterocycles. The van der Waals surface area contributed by atoms with E-state index in [1.165, 1.54) is 11.8 Å². The number of carbonyl (C=O) groups excluding carboxylic acids is 1. The fourth-order valence-corrected chi connectivity index (χ4v) is 3.48. The number of ether oxygens (including phenoxy) is 1. The number of hydrogen-bond acceptors (Lipinski definition) is 6. The third kappa shape index (κ3) is 3.54. The Morgan fingerprint density at radius 3 is 2.59 bits per heavy atom. The predicted molar refractivity (Wildman–Crippen MR) is 104 cm³/mol. The summed E-state index contributed by atoms with van der Waals surface area (Å²) in [4.78, 5) is 12.3. The highest BCUT2D eigenvalue weighted by molar-refractivity contribution is 7.99. The van der Waals surface area contributed by atoms with Crippen molar-refractivity contribution < 1.29 is 9.53 Å². The Hall–Kier alpha value is -3.19. The minimum atomic E-state index is 0.0400. The first-order chi connectivity index (χ1) is 13.3. The number of para-hydroxylation sites is 1. The molecule has 0 spiro atoms. The van der Waals surface area contributed by atoms with E-state index < -0.39 is 0 Å². The van der Waals surface area contributed by atoms with E-state index in [1.807, 2.05) is 66.7 Å². The van der Waals surface area contributed by atoms with Gasteiger partial charge in [0.15, 0.2) is 11.4 Å². The fourth-order valence-electron chi connectivity index (χ4n) is 2.70. The number of rotatable bonds is 6. The normalized spacial score (nSPS) is 10.9. The van der Waals surface area contributed by atoms with Crippen molar-refractivity contribution in [1.82, 2.24) is 19.8 Å². The summed E-state index contributed by atoms with van der Waals surface area (Å²) in [5.41, 5.74) is 2.94. The minimum absolute atomic E-state index is 0.0400. The number of methoxy groups -OCH3 is 1. The number of Topliss-reactive ketones (excluding diaryl/α,β-unsaturated/α-hetero) is 1. The number of ketones is 1. The molecule has 134 valence electrons. The number of thioether (sulfide) groups is 1. The summed E-state index contributed by atoms with van der Waals surface area (Å²) in [5.74, 6) is 1.05. The Morgan fingerprint density at radius 2 is 1.78 bits per heavy atom. The molecule has 2 aromatic heterocycles. The van der Waals surface area contributed by atoms with Crippen LogP contribution in [0.3, 0.4) is 0 Å². The molecule has 4 aromatic rings. The second kappa shape index (κ2) is 7.59. The lowest BCUT2D eigenvalue weighted by molar-refractivity contribution is 0.102. The largest absolute Gasteiger partial charge is 0.496 e. The van der Waals surface area contributed by atoms with E-state index in [0.717, 1.165) is 17.0 Å². The lowest BCUT2D eigenvalue weighted by atomic mass is 10.1. The van der Waals surface area contributed by atoms with Crippen LogP contribution in [0.2, 0.25) is 0 Å². The Balaban J connectivity index is 1.62. The second-order valence-electron chi connectivity index (χ2n) is 5.75. The topological polar surface area (TPSA) is 69.4 Å². The van der Waals surface area contributed by atoms with Crippen LogP contribution in [0.1, 0.15) is 10.4 Å². The number of hydrogen-bond donors (Lipinski definition) is 0. The highest BCUT2D eigenvalue weighted by Gasteiger charge is 2.14. The maximum atomic E-state index is 12.3. The Bertz CT molecular complexity index is 1100. The molecule has 0 saturated carbocycles. The van der Waals surface area contributed by atoms with Crippen molar-refractivity contribution in [2.75, 3.05) is 12.9 Å². The van der Waals surface area contributed by atoms with Gasteiger partial charge in [0.25, 0.3) is 0 Å². The molecular weight excluding hydrogens is 360 g/mol. The van der Waals surface area contributed by atoms with Crippen LogP contribution in [-0.2, 0) is 0 Å². The van der Waals surface area contributed by atoms with E-state index in [4.69, 9.17) is 4.74 Å². The van der Waals surface area contributed by atoms with Gasteiger partial charge >= 0.3 is 0 Å². The smallest absolute Gasteiger partial charge is 0.212 e. The summed E-state index contributed by atoms with van der Waals surface area (Å²) in [5, 5.41) is 13.5. The Kier molecular flexibility index (Phi) is 4.84. The van der Waals surface area contributed by atoms with E-state index in [1.54, 1.807) is 11.6 Å². The highest BCUT2D eigenvalue weighted by atomic mass is 32.2. The summed E-state index contributed by atoms with van der Waals surface area (Å²) in [7, 11) is 1.63. The highest BCUT2D eigenvalue weighted by Crippen LogP contribution is 2.28. The minimum Gasteiger partial charge on any atom is -0.496 e. The van der Waals surface area contributed by atoms with Crippen molar-refractivity contribution in [2.45, 2.75) is 5.16 Å². The van der Waals surface area contributed by atoms with E-state index >= 15 is 0 Å². The second-order valence-corrected chi connectivity index (χ2v) is 6.69. The van der Waals surface area contributed by atoms with Crippen molar-refractivity contribution in [2.24, 2.45) is 0 Å². The van der Waals surface area contributed by atoms with Gasteiger partial charge in [0.1, 0.15) is 5.75 Å². The van der Waals surface area contributed by atoms with Gasteiger partial charge in [-0.2, -0.15) is 9.61 Å². The van der Waals surface area contributed by atoms with Crippen LogP contribution < -0.4 is 4.74 Å². The van der Waals surface area contributed by atoms with E-state index in [-0.39, 0.29) is 11.5 Å². The van der Waals surface area contributed by atoms with Gasteiger partial charge in [-0.05, 0) is 24.3 Å². The molecule has 27 heavy (non-hydrogen) atoms. The maximum absolute atomic E-state index is 12.3. The van der Waals surface area contributed by atoms with Gasteiger partial charge in [-0.1, -0.05) is 54.2 Å². The molecule has 0 radical (unpaired) electrons. The molecule has 2 aromatic carbocycles. The number of fused-ring (bicyclic) bond motifs is 1. The summed E-state index contributed by atoms with van der Waals surface area (Å²) in [6.45, 7) is 0. The van der Waals surface area contributed by atoms with Crippen molar-refractivity contribution >= 4 is 23.2 Å². The van der Waals surface area contributed by atoms with Crippen molar-refractivity contribution in [1.29, 1.82) is 0 Å². The zero-order valence-electron chi connectivity index (χ0n) is 14.6. The molecule has 0 aliphatic carbocycles. The lowest BCUT2D eigenvalue weighted by Gasteiger charge is -2.08. The molecular formula is C20H16N4O2S. The molecule has 0 N–H and O–H groups in total. The van der Waals surface area contributed by atoms with E-state index in [9.17, 15) is 4.79 Å². The van der Waals surface area contributed by atoms with Crippen LogP contribution in [0.15, 0.2) is 71.9 Å². The van der Waals surface area contributed by atoms with Crippen LogP contribution in [0.4, 0.5) is 0 Å². The first-order valence-corrected chi connectivity index (χ1v) is 9.32. The quantitative estimate of drug-likeness (QED) is 0.377. The number of carbonyl (C=O) groups is 1. The zero-order chi connectivity index (χ0) is 18.6. The zero-order valence-corrected chi connectivity index (χ0v) is 15.4. The van der Waals surface area contributed by atoms with E-state index in [2.05, 4.69) is 15.3 Å². The van der Waals surface area contributed by atoms with Gasteiger partial charge in [-0.15, -0.1) is 10.2 Å². The molecule has 0 saturated heterocycles. The number of benzene rings is 2. The first-order valence-electron chi connectivity index (χ1n) is 8.33. The molecule has 4 rings (SSSR count). The lowest BCUT2D eigenvalue weighted by Crippen LogP contribution is -2.03. The van der Waals surface area contributed by atoms with Gasteiger partial charge in [-0.25, -0.2) is 0 Å². The molecule has 7 heteroatoms. The molecule has 0 bridgehead atoms. The van der Waals surface area contributed by atoms with Crippen LogP contribution in [0, 0.1) is 0 Å². The van der Waals surface area contributed by atoms with Gasteiger partial charge in [-0.3, -0.25) is 4.79 Å². The summed E-state index contributed by atoms with van der Waals surface area (Å²) in [6, 6.07) is 20.6. The van der Waals surface area contributed by atoms with Gasteiger partial charge in [0.05, 0.1) is 18.6 Å². The summed E-state index contributed by atoms with van der Waals surface area (Å²) < 4.78 is 7.08. The molecule has 0 unspecified atom stereocenters. The van der Waals surface area contributed by atoms with Gasteiger partial charge in [0.2, 0.25) is 5.16 Å². The molecule has 0 fully saturated rings. The van der Waals surface area contributed by atoms with Crippen LogP contribution in [0.25, 0.3) is 16.9 Å². The predicted octanol–water partition coefficient (Wildman–Crippen LogP) is 3.77. The van der Waals surface area contributed by atoms with Crippen molar-refractivity contribution in [3.8, 4) is 17.0 Å². The van der Waals surface area contributed by atoms with Crippen LogP contribution in [0.5, 0.6) is 5.75 Å². The third-order valence-electron chi connectivity index (χ3n) is 4.05. The molecule has 2 heterocycles. The number of aromatic nitrogens is 4. The van der Waals surface area contributed by atoms with Crippen LogP contribution in [-0.4, -0.2) is 38.5 Å². The average Bonchev–Trinajstić information content (AvgIpc) is 3.14. The Labute approximate surface area is 160 Å². The maximum Gasteiger partial charge on any atom is 0.212 e. The van der Waals surface area contributed by atoms with Gasteiger partial charge in [0, 0.05) is 11.1 Å². The van der Waals surface area contributed by atoms with Gasteiger partial charge < -0.3 is 4.74 Å². The third-order valence-corrected chi connectivity index (χ3v) is 4.96. The van der Waals surface area contributed by atoms with Crippen molar-refractivity contribution in [3.63, 3.8) is 0 Å². The fraction of sp³-hybridized carbons (Fsp3) is 0.100. The standard InChI is InChI=1S/C20H16N4O2S/c1-26-18-10-6-5-9-15(18)16-11-12-19-21-22-20(24(19)23-16)27-13-17(25)14-7-3-2-4-8-14/h2-12H,13H2,1H3. The number of nitrogens with zero attached hydrogens (tertiary/aromatic N) is 4. The average molecular weight is 376 g/mol. The first kappa shape index (κ1) is 17.2. The molecule has 0 aliphatic rings. The molecule has 0 amide bonds. The van der Waals surface area contributed by atoms with E-state index in [0.29, 0.717) is 16.4 Å². The Morgan fingerprint density at radius 1 is 1.00 bits per heavy atom. The molecule has 0 atom stereocenters. The SMILES string of the molecule is COc1ccccc1-c1ccc2nnc(SCC(=O)c3ccccc3)n2n1. The van der Waals surface area contributed by atoms with Crippen molar-refractivity contribution in [3.05, 3.63) is 72.3 Å². The van der Waals surface area contributed by atoms with Crippen LogP contribution >= 0.6 is 11.8 Å². The summed E-state index contributed by atoms with van der Waals surface area (Å²) in [6.07, 6.45) is 0. The molecule has 6 nitrogen and oxygen atoms in total. The summed E-state index contributed by atoms with van der Waals surface area (Å²) >= 11 is 1.32.